The minimum Gasteiger partial charge on any atom is -0.352 e. The molecule has 0 atom stereocenters. The lowest BCUT2D eigenvalue weighted by Crippen LogP contribution is -2.13. The fraction of sp³-hybridized carbons (Fsp3) is 0.167. The van der Waals surface area contributed by atoms with Crippen LogP contribution >= 0.6 is 15.9 Å². The van der Waals surface area contributed by atoms with Gasteiger partial charge in [-0.1, -0.05) is 0 Å². The summed E-state index contributed by atoms with van der Waals surface area (Å²) < 4.78 is 54.9. The van der Waals surface area contributed by atoms with Crippen LogP contribution in [0, 0.1) is 11.6 Å². The zero-order valence-electron chi connectivity index (χ0n) is 10.9. The zero-order valence-corrected chi connectivity index (χ0v) is 13.3. The van der Waals surface area contributed by atoms with Crippen molar-refractivity contribution >= 4 is 31.6 Å². The van der Waals surface area contributed by atoms with Gasteiger partial charge in [0.2, 0.25) is 0 Å². The van der Waals surface area contributed by atoms with Gasteiger partial charge in [0.1, 0.15) is 16.5 Å². The third-order valence-electron chi connectivity index (χ3n) is 2.86. The summed E-state index contributed by atoms with van der Waals surface area (Å²) in [4.78, 5) is -0.0758. The molecule has 0 saturated carbocycles. The molecule has 1 heterocycles. The number of nitrogens with one attached hydrogen (secondary N) is 1. The van der Waals surface area contributed by atoms with Gasteiger partial charge in [0.15, 0.2) is 0 Å². The van der Waals surface area contributed by atoms with Crippen molar-refractivity contribution in [3.05, 3.63) is 46.2 Å². The molecule has 0 amide bonds. The predicted octanol–water partition coefficient (Wildman–Crippen LogP) is 2.33. The summed E-state index contributed by atoms with van der Waals surface area (Å²) in [5, 5.41) is 0. The van der Waals surface area contributed by atoms with Crippen molar-refractivity contribution in [2.75, 3.05) is 4.72 Å². The van der Waals surface area contributed by atoms with E-state index >= 15 is 0 Å². The molecule has 0 saturated heterocycles. The van der Waals surface area contributed by atoms with E-state index in [1.54, 1.807) is 11.6 Å². The Kier molecular flexibility index (Phi) is 4.35. The third-order valence-corrected chi connectivity index (χ3v) is 4.80. The smallest absolute Gasteiger partial charge is 0.263 e. The van der Waals surface area contributed by atoms with Crippen LogP contribution in [0.4, 0.5) is 14.5 Å². The molecule has 5 nitrogen and oxygen atoms in total. The number of nitrogens with zero attached hydrogens (tertiary/aromatic N) is 1. The zero-order chi connectivity index (χ0) is 15.8. The average Bonchev–Trinajstić information content (AvgIpc) is 2.78. The highest BCUT2D eigenvalue weighted by atomic mass is 79.9. The van der Waals surface area contributed by atoms with Crippen molar-refractivity contribution < 1.29 is 17.2 Å². The van der Waals surface area contributed by atoms with Crippen molar-refractivity contribution in [1.82, 2.24) is 4.57 Å². The van der Waals surface area contributed by atoms with Crippen molar-refractivity contribution in [2.24, 2.45) is 12.8 Å². The second kappa shape index (κ2) is 5.74. The maximum absolute atomic E-state index is 13.7. The molecule has 3 N–H and O–H groups in total. The van der Waals surface area contributed by atoms with Crippen LogP contribution in [0.25, 0.3) is 0 Å². The van der Waals surface area contributed by atoms with Crippen LogP contribution in [-0.4, -0.2) is 13.0 Å². The van der Waals surface area contributed by atoms with Crippen molar-refractivity contribution in [2.45, 2.75) is 11.4 Å². The van der Waals surface area contributed by atoms with Gasteiger partial charge in [0, 0.05) is 31.5 Å². The van der Waals surface area contributed by atoms with Crippen LogP contribution in [0.15, 0.2) is 33.8 Å². The maximum atomic E-state index is 13.7. The summed E-state index contributed by atoms with van der Waals surface area (Å²) in [7, 11) is -2.39. The Bertz CT molecular complexity index is 790. The number of halogens is 3. The van der Waals surface area contributed by atoms with Gasteiger partial charge < -0.3 is 10.3 Å². The van der Waals surface area contributed by atoms with Crippen LogP contribution < -0.4 is 10.5 Å². The highest BCUT2D eigenvalue weighted by molar-refractivity contribution is 9.10. The van der Waals surface area contributed by atoms with E-state index in [2.05, 4.69) is 15.9 Å². The van der Waals surface area contributed by atoms with E-state index in [1.165, 1.54) is 12.3 Å². The summed E-state index contributed by atoms with van der Waals surface area (Å²) in [5.74, 6) is -1.66. The van der Waals surface area contributed by atoms with E-state index in [9.17, 15) is 17.2 Å². The fourth-order valence-electron chi connectivity index (χ4n) is 1.73. The Labute approximate surface area is 128 Å². The van der Waals surface area contributed by atoms with Crippen LogP contribution in [0.1, 0.15) is 5.69 Å². The standard InChI is InChI=1S/C12H12BrF2N3O2S/c1-18-6-8(2-7(18)5-16)21(19,20)17-12-4-10(14)9(13)3-11(12)15/h2-4,6,17H,5,16H2,1H3. The summed E-state index contributed by atoms with van der Waals surface area (Å²) in [6.07, 6.45) is 1.34. The first-order valence-corrected chi connectivity index (χ1v) is 8.05. The van der Waals surface area contributed by atoms with Gasteiger partial charge in [-0.05, 0) is 28.1 Å². The maximum Gasteiger partial charge on any atom is 0.263 e. The van der Waals surface area contributed by atoms with Crippen LogP contribution in [0.2, 0.25) is 0 Å². The molecule has 1 aromatic heterocycles. The molecule has 0 spiro atoms. The lowest BCUT2D eigenvalue weighted by atomic mass is 10.3. The largest absolute Gasteiger partial charge is 0.352 e. The molecule has 21 heavy (non-hydrogen) atoms. The molecular formula is C12H12BrF2N3O2S. The van der Waals surface area contributed by atoms with Crippen LogP contribution in [-0.2, 0) is 23.6 Å². The molecule has 0 radical (unpaired) electrons. The number of hydrogen-bond donors (Lipinski definition) is 2. The monoisotopic (exact) mass is 379 g/mol. The summed E-state index contributed by atoms with van der Waals surface area (Å²) >= 11 is 2.82. The number of aromatic nitrogens is 1. The Hall–Kier alpha value is -1.45. The molecule has 0 aliphatic heterocycles. The summed E-state index contributed by atoms with van der Waals surface area (Å²) in [5.41, 5.74) is 5.60. The highest BCUT2D eigenvalue weighted by Gasteiger charge is 2.20. The van der Waals surface area contributed by atoms with Gasteiger partial charge in [-0.15, -0.1) is 0 Å². The molecule has 9 heteroatoms. The highest BCUT2D eigenvalue weighted by Crippen LogP contribution is 2.25. The molecular weight excluding hydrogens is 368 g/mol. The second-order valence-electron chi connectivity index (χ2n) is 4.33. The normalized spacial score (nSPS) is 11.7. The molecule has 0 aliphatic rings. The van der Waals surface area contributed by atoms with Gasteiger partial charge in [0.25, 0.3) is 10.0 Å². The molecule has 2 rings (SSSR count). The van der Waals surface area contributed by atoms with Crippen molar-refractivity contribution in [1.29, 1.82) is 0 Å². The first kappa shape index (κ1) is 15.9. The number of sulfonamides is 1. The molecule has 0 aliphatic carbocycles. The van der Waals surface area contributed by atoms with E-state index in [4.69, 9.17) is 5.73 Å². The Morgan fingerprint density at radius 3 is 2.52 bits per heavy atom. The number of hydrogen-bond acceptors (Lipinski definition) is 3. The van der Waals surface area contributed by atoms with Gasteiger partial charge in [-0.25, -0.2) is 17.2 Å². The lowest BCUT2D eigenvalue weighted by molar-refractivity contribution is 0.591. The van der Waals surface area contributed by atoms with Gasteiger partial charge in [0.05, 0.1) is 10.2 Å². The van der Waals surface area contributed by atoms with Gasteiger partial charge in [-0.2, -0.15) is 0 Å². The number of benzene rings is 1. The first-order chi connectivity index (χ1) is 9.74. The number of nitrogens with two attached hydrogens (primary N) is 1. The summed E-state index contributed by atoms with van der Waals surface area (Å²) in [6, 6.07) is 2.99. The number of aryl methyl sites for hydroxylation is 1. The third kappa shape index (κ3) is 3.25. The molecule has 2 aromatic rings. The van der Waals surface area contributed by atoms with Crippen LogP contribution in [0.3, 0.4) is 0 Å². The molecule has 1 aromatic carbocycles. The predicted molar refractivity (Wildman–Crippen MR) is 78.2 cm³/mol. The molecule has 0 bridgehead atoms. The molecule has 0 unspecified atom stereocenters. The van der Waals surface area contributed by atoms with E-state index < -0.39 is 27.3 Å². The average molecular weight is 380 g/mol. The van der Waals surface area contributed by atoms with Gasteiger partial charge >= 0.3 is 0 Å². The fourth-order valence-corrected chi connectivity index (χ4v) is 3.20. The summed E-state index contributed by atoms with van der Waals surface area (Å²) in [6.45, 7) is 0.160. The quantitative estimate of drug-likeness (QED) is 0.800. The lowest BCUT2D eigenvalue weighted by Gasteiger charge is -2.08. The minimum atomic E-state index is -4.03. The van der Waals surface area contributed by atoms with E-state index in [0.717, 1.165) is 12.1 Å². The molecule has 0 fully saturated rings. The Morgan fingerprint density at radius 2 is 1.95 bits per heavy atom. The topological polar surface area (TPSA) is 77.1 Å². The van der Waals surface area contributed by atoms with E-state index in [-0.39, 0.29) is 15.9 Å². The van der Waals surface area contributed by atoms with Crippen LogP contribution in [0.5, 0.6) is 0 Å². The first-order valence-electron chi connectivity index (χ1n) is 5.77. The van der Waals surface area contributed by atoms with E-state index in [0.29, 0.717) is 5.69 Å². The minimum absolute atomic E-state index is 0.0758. The Morgan fingerprint density at radius 1 is 1.29 bits per heavy atom. The van der Waals surface area contributed by atoms with Crippen molar-refractivity contribution in [3.63, 3.8) is 0 Å². The van der Waals surface area contributed by atoms with Gasteiger partial charge in [-0.3, -0.25) is 4.72 Å². The molecule has 114 valence electrons. The second-order valence-corrected chi connectivity index (χ2v) is 6.87. The van der Waals surface area contributed by atoms with Crippen molar-refractivity contribution in [3.8, 4) is 0 Å². The number of rotatable bonds is 4. The van der Waals surface area contributed by atoms with E-state index in [1.807, 2.05) is 4.72 Å². The Balaban J connectivity index is 2.39. The SMILES string of the molecule is Cn1cc(S(=O)(=O)Nc2cc(F)c(Br)cc2F)cc1CN. The number of anilines is 1.